The lowest BCUT2D eigenvalue weighted by Gasteiger charge is -2.32. The van der Waals surface area contributed by atoms with Gasteiger partial charge in [0.1, 0.15) is 18.2 Å². The van der Waals surface area contributed by atoms with Crippen molar-refractivity contribution >= 4 is 16.9 Å². The van der Waals surface area contributed by atoms with Crippen molar-refractivity contribution in [3.8, 4) is 11.8 Å². The number of para-hydroxylation sites is 3. The number of imidazole rings is 1. The Morgan fingerprint density at radius 2 is 1.68 bits per heavy atom. The first-order valence-electron chi connectivity index (χ1n) is 11.6. The molecule has 0 saturated carbocycles. The number of fused-ring (bicyclic) bond motifs is 1. The van der Waals surface area contributed by atoms with Gasteiger partial charge in [-0.1, -0.05) is 30.3 Å². The minimum absolute atomic E-state index is 0.0352. The van der Waals surface area contributed by atoms with Crippen LogP contribution in [0.3, 0.4) is 0 Å². The molecule has 3 aromatic carbocycles. The van der Waals surface area contributed by atoms with Crippen LogP contribution >= 0.6 is 0 Å². The van der Waals surface area contributed by atoms with Crippen LogP contribution < -0.4 is 4.74 Å². The summed E-state index contributed by atoms with van der Waals surface area (Å²) in [6.45, 7) is 2.72. The number of piperidine rings is 1. The molecule has 170 valence electrons. The molecule has 1 aliphatic heterocycles. The molecule has 0 spiro atoms. The number of hydrogen-bond donors (Lipinski definition) is 0. The minimum atomic E-state index is 0.0352. The van der Waals surface area contributed by atoms with Crippen LogP contribution in [0, 0.1) is 17.2 Å². The molecule has 6 nitrogen and oxygen atoms in total. The molecule has 1 aromatic heterocycles. The maximum Gasteiger partial charge on any atom is 0.253 e. The number of nitriles is 1. The Labute approximate surface area is 199 Å². The molecule has 1 fully saturated rings. The molecule has 0 unspecified atom stereocenters. The van der Waals surface area contributed by atoms with Gasteiger partial charge in [0.05, 0.1) is 22.7 Å². The van der Waals surface area contributed by atoms with Gasteiger partial charge in [0.25, 0.3) is 5.91 Å². The van der Waals surface area contributed by atoms with E-state index in [9.17, 15) is 4.79 Å². The van der Waals surface area contributed by atoms with E-state index in [-0.39, 0.29) is 5.91 Å². The summed E-state index contributed by atoms with van der Waals surface area (Å²) in [5.41, 5.74) is 3.29. The van der Waals surface area contributed by atoms with Gasteiger partial charge in [0.15, 0.2) is 0 Å². The van der Waals surface area contributed by atoms with Crippen LogP contribution in [-0.4, -0.2) is 33.4 Å². The number of hydrogen-bond acceptors (Lipinski definition) is 4. The Kier molecular flexibility index (Phi) is 6.26. The first kappa shape index (κ1) is 21.7. The van der Waals surface area contributed by atoms with Crippen LogP contribution in [0.25, 0.3) is 11.0 Å². The second kappa shape index (κ2) is 9.80. The van der Waals surface area contributed by atoms with Gasteiger partial charge in [-0.15, -0.1) is 0 Å². The van der Waals surface area contributed by atoms with Crippen molar-refractivity contribution in [3.05, 3.63) is 95.8 Å². The molecule has 0 radical (unpaired) electrons. The number of likely N-dealkylation sites (tertiary alicyclic amines) is 1. The normalized spacial score (nSPS) is 14.1. The molecule has 1 saturated heterocycles. The third kappa shape index (κ3) is 4.65. The zero-order valence-corrected chi connectivity index (χ0v) is 18.9. The number of carbonyl (C=O) groups is 1. The average molecular weight is 451 g/mol. The molecule has 0 N–H and O–H groups in total. The largest absolute Gasteiger partial charge is 0.486 e. The molecule has 1 aliphatic rings. The Morgan fingerprint density at radius 1 is 0.971 bits per heavy atom. The van der Waals surface area contributed by atoms with Crippen molar-refractivity contribution in [1.29, 1.82) is 5.26 Å². The summed E-state index contributed by atoms with van der Waals surface area (Å²) in [6.07, 6.45) is 1.88. The Balaban J connectivity index is 1.26. The van der Waals surface area contributed by atoms with Crippen molar-refractivity contribution in [2.45, 2.75) is 26.0 Å². The summed E-state index contributed by atoms with van der Waals surface area (Å²) < 4.78 is 8.29. The van der Waals surface area contributed by atoms with Gasteiger partial charge in [-0.05, 0) is 67.3 Å². The van der Waals surface area contributed by atoms with Gasteiger partial charge >= 0.3 is 0 Å². The lowest BCUT2D eigenvalue weighted by molar-refractivity contribution is 0.0682. The highest BCUT2D eigenvalue weighted by molar-refractivity contribution is 5.94. The number of amides is 1. The summed E-state index contributed by atoms with van der Waals surface area (Å²) in [5, 5.41) is 8.97. The Bertz CT molecular complexity index is 1310. The fraction of sp³-hybridized carbons (Fsp3) is 0.250. The molecule has 6 heteroatoms. The summed E-state index contributed by atoms with van der Waals surface area (Å²) in [5.74, 6) is 2.24. The van der Waals surface area contributed by atoms with Gasteiger partial charge in [-0.2, -0.15) is 5.26 Å². The topological polar surface area (TPSA) is 71.2 Å². The van der Waals surface area contributed by atoms with Gasteiger partial charge in [0, 0.05) is 25.2 Å². The monoisotopic (exact) mass is 450 g/mol. The van der Waals surface area contributed by atoms with E-state index in [2.05, 4.69) is 16.7 Å². The van der Waals surface area contributed by atoms with E-state index in [0.717, 1.165) is 55.1 Å². The zero-order valence-electron chi connectivity index (χ0n) is 18.9. The molecule has 0 aliphatic carbocycles. The molecule has 5 rings (SSSR count). The van der Waals surface area contributed by atoms with E-state index in [0.29, 0.717) is 23.7 Å². The lowest BCUT2D eigenvalue weighted by atomic mass is 9.96. The number of aromatic nitrogens is 2. The summed E-state index contributed by atoms with van der Waals surface area (Å²) in [4.78, 5) is 19.6. The van der Waals surface area contributed by atoms with E-state index >= 15 is 0 Å². The number of ether oxygens (including phenoxy) is 1. The number of carbonyl (C=O) groups excluding carboxylic acids is 1. The van der Waals surface area contributed by atoms with Crippen LogP contribution in [0.1, 0.15) is 34.6 Å². The first-order chi connectivity index (χ1) is 16.7. The Morgan fingerprint density at radius 3 is 2.41 bits per heavy atom. The van der Waals surface area contributed by atoms with Crippen LogP contribution in [0.15, 0.2) is 78.9 Å². The minimum Gasteiger partial charge on any atom is -0.486 e. The molecule has 4 aromatic rings. The third-order valence-corrected chi connectivity index (χ3v) is 6.45. The van der Waals surface area contributed by atoms with Crippen molar-refractivity contribution in [2.24, 2.45) is 5.92 Å². The van der Waals surface area contributed by atoms with E-state index in [1.54, 1.807) is 24.3 Å². The van der Waals surface area contributed by atoms with E-state index < -0.39 is 0 Å². The summed E-state index contributed by atoms with van der Waals surface area (Å²) in [6, 6.07) is 27.0. The van der Waals surface area contributed by atoms with E-state index in [1.165, 1.54) is 0 Å². The highest BCUT2D eigenvalue weighted by atomic mass is 16.5. The number of rotatable bonds is 6. The lowest BCUT2D eigenvalue weighted by Crippen LogP contribution is -2.39. The van der Waals surface area contributed by atoms with Crippen molar-refractivity contribution in [2.75, 3.05) is 13.1 Å². The highest BCUT2D eigenvalue weighted by Crippen LogP contribution is 2.25. The predicted octanol–water partition coefficient (Wildman–Crippen LogP) is 5.04. The quantitative estimate of drug-likeness (QED) is 0.413. The second-order valence-corrected chi connectivity index (χ2v) is 8.65. The maximum atomic E-state index is 12.9. The molecule has 1 amide bonds. The summed E-state index contributed by atoms with van der Waals surface area (Å²) in [7, 11) is 0. The number of nitrogens with zero attached hydrogens (tertiary/aromatic N) is 4. The molecule has 34 heavy (non-hydrogen) atoms. The van der Waals surface area contributed by atoms with Crippen LogP contribution in [0.2, 0.25) is 0 Å². The standard InChI is InChI=1S/C28H26N4O2/c29-18-21-10-12-23(13-11-21)28(33)31-16-14-22(15-17-31)19-32-26-9-5-4-8-25(26)30-27(32)20-34-24-6-2-1-3-7-24/h1-13,22H,14-17,19-20H2. The van der Waals surface area contributed by atoms with Crippen molar-refractivity contribution in [3.63, 3.8) is 0 Å². The van der Waals surface area contributed by atoms with Gasteiger partial charge in [0.2, 0.25) is 0 Å². The van der Waals surface area contributed by atoms with E-state index in [4.69, 9.17) is 15.0 Å². The SMILES string of the molecule is N#Cc1ccc(C(=O)N2CCC(Cn3c(COc4ccccc4)nc4ccccc43)CC2)cc1. The zero-order chi connectivity index (χ0) is 23.3. The first-order valence-corrected chi connectivity index (χ1v) is 11.6. The molecular formula is C28H26N4O2. The van der Waals surface area contributed by atoms with Crippen LogP contribution in [0.5, 0.6) is 5.75 Å². The van der Waals surface area contributed by atoms with Crippen molar-refractivity contribution < 1.29 is 9.53 Å². The van der Waals surface area contributed by atoms with Crippen LogP contribution in [0.4, 0.5) is 0 Å². The average Bonchev–Trinajstić information content (AvgIpc) is 3.25. The molecular weight excluding hydrogens is 424 g/mol. The molecule has 2 heterocycles. The predicted molar refractivity (Wildman–Crippen MR) is 130 cm³/mol. The van der Waals surface area contributed by atoms with Crippen molar-refractivity contribution in [1.82, 2.24) is 14.5 Å². The third-order valence-electron chi connectivity index (χ3n) is 6.45. The second-order valence-electron chi connectivity index (χ2n) is 8.65. The molecule has 0 atom stereocenters. The highest BCUT2D eigenvalue weighted by Gasteiger charge is 2.25. The van der Waals surface area contributed by atoms with Gasteiger partial charge in [-0.3, -0.25) is 4.79 Å². The number of benzene rings is 3. The fourth-order valence-corrected chi connectivity index (χ4v) is 4.55. The van der Waals surface area contributed by atoms with Gasteiger partial charge in [-0.25, -0.2) is 4.98 Å². The van der Waals surface area contributed by atoms with Crippen LogP contribution in [-0.2, 0) is 13.2 Å². The fourth-order valence-electron chi connectivity index (χ4n) is 4.55. The maximum absolute atomic E-state index is 12.9. The molecule has 0 bridgehead atoms. The smallest absolute Gasteiger partial charge is 0.253 e. The van der Waals surface area contributed by atoms with E-state index in [1.807, 2.05) is 53.4 Å². The Hall–Kier alpha value is -4.11. The summed E-state index contributed by atoms with van der Waals surface area (Å²) >= 11 is 0. The van der Waals surface area contributed by atoms with Gasteiger partial charge < -0.3 is 14.2 Å².